The lowest BCUT2D eigenvalue weighted by Gasteiger charge is -2.32. The number of non-ortho nitro benzene ring substituents is 1. The predicted molar refractivity (Wildman–Crippen MR) is 190 cm³/mol. The number of carbonyl (C=O) groups is 4. The van der Waals surface area contributed by atoms with Crippen LogP contribution in [0.3, 0.4) is 0 Å². The van der Waals surface area contributed by atoms with Gasteiger partial charge in [-0.3, -0.25) is 19.7 Å². The Morgan fingerprint density at radius 3 is 1.81 bits per heavy atom. The molecule has 0 aliphatic carbocycles. The molecule has 2 aliphatic rings. The second kappa shape index (κ2) is 19.0. The van der Waals surface area contributed by atoms with Gasteiger partial charge >= 0.3 is 12.1 Å². The van der Waals surface area contributed by atoms with Gasteiger partial charge in [0.25, 0.3) is 5.69 Å². The van der Waals surface area contributed by atoms with E-state index in [1.807, 2.05) is 0 Å². The number of urea groups is 1. The molecule has 18 heteroatoms. The van der Waals surface area contributed by atoms with Gasteiger partial charge in [0.15, 0.2) is 0 Å². The molecule has 5 N–H and O–H groups in total. The number of halogens is 4. The van der Waals surface area contributed by atoms with Gasteiger partial charge in [-0.1, -0.05) is 23.2 Å². The summed E-state index contributed by atoms with van der Waals surface area (Å²) in [5, 5.41) is 18.6. The fourth-order valence-corrected chi connectivity index (χ4v) is 5.70. The lowest BCUT2D eigenvalue weighted by atomic mass is 9.97. The largest absolute Gasteiger partial charge is 0.415 e. The summed E-state index contributed by atoms with van der Waals surface area (Å²) in [4.78, 5) is 62.2. The predicted octanol–water partition coefficient (Wildman–Crippen LogP) is 6.03. The van der Waals surface area contributed by atoms with Gasteiger partial charge in [-0.05, 0) is 74.2 Å². The summed E-state index contributed by atoms with van der Waals surface area (Å²) < 4.78 is 32.2. The van der Waals surface area contributed by atoms with Gasteiger partial charge < -0.3 is 36.2 Å². The molecule has 0 spiro atoms. The number of nitrogens with one attached hydrogen (secondary N) is 3. The molecule has 2 heterocycles. The number of nitrogens with two attached hydrogens (primary N) is 1. The highest BCUT2D eigenvalue weighted by molar-refractivity contribution is 6.31. The second-order valence-corrected chi connectivity index (χ2v) is 12.8. The van der Waals surface area contributed by atoms with Crippen molar-refractivity contribution in [3.8, 4) is 5.75 Å². The monoisotopic (exact) mass is 763 g/mol. The number of nitrogens with zero attached hydrogens (tertiary/aromatic N) is 3. The number of amides is 5. The first-order valence-electron chi connectivity index (χ1n) is 16.3. The van der Waals surface area contributed by atoms with Crippen molar-refractivity contribution in [2.75, 3.05) is 49.9 Å². The molecule has 0 bridgehead atoms. The Morgan fingerprint density at radius 2 is 1.33 bits per heavy atom. The first-order valence-corrected chi connectivity index (χ1v) is 17.1. The first-order chi connectivity index (χ1) is 24.8. The van der Waals surface area contributed by atoms with Crippen molar-refractivity contribution in [3.63, 3.8) is 0 Å². The van der Waals surface area contributed by atoms with Gasteiger partial charge in [-0.2, -0.15) is 0 Å². The minimum absolute atomic E-state index is 0.00316. The highest BCUT2D eigenvalue weighted by Crippen LogP contribution is 2.25. The summed E-state index contributed by atoms with van der Waals surface area (Å²) in [5.74, 6) is -2.43. The van der Waals surface area contributed by atoms with Crippen LogP contribution in [0.1, 0.15) is 25.7 Å². The molecule has 14 nitrogen and oxygen atoms in total. The lowest BCUT2D eigenvalue weighted by Crippen LogP contribution is -2.48. The molecule has 2 aliphatic heterocycles. The average molecular weight is 765 g/mol. The SMILES string of the molecule is NCCNC(=O)N1CCC[C@H](C(=O)Nc2ccc(Cl)c(F)c2)C1.O=C(Nc1ccc(Cl)c(F)c1)[C@H]1CCCN(C(=O)Oc2ccc([N+](=O)[O-])cc2)C1. The topological polar surface area (TPSA) is 189 Å². The molecule has 2 fully saturated rings. The first kappa shape index (κ1) is 39.7. The molecule has 2 saturated heterocycles. The van der Waals surface area contributed by atoms with Crippen molar-refractivity contribution in [2.45, 2.75) is 25.7 Å². The van der Waals surface area contributed by atoms with Crippen molar-refractivity contribution in [2.24, 2.45) is 17.6 Å². The maximum absolute atomic E-state index is 13.5. The van der Waals surface area contributed by atoms with Crippen molar-refractivity contribution < 1.29 is 37.6 Å². The lowest BCUT2D eigenvalue weighted by molar-refractivity contribution is -0.384. The number of likely N-dealkylation sites (tertiary alicyclic amines) is 2. The van der Waals surface area contributed by atoms with Crippen LogP contribution in [0, 0.1) is 33.6 Å². The molecule has 3 aromatic rings. The number of benzene rings is 3. The van der Waals surface area contributed by atoms with Gasteiger partial charge in [0.2, 0.25) is 11.8 Å². The molecule has 278 valence electrons. The number of anilines is 2. The number of carbonyl (C=O) groups excluding carboxylic acids is 4. The highest BCUT2D eigenvalue weighted by atomic mass is 35.5. The minimum Gasteiger partial charge on any atom is -0.410 e. The van der Waals surface area contributed by atoms with Crippen molar-refractivity contribution >= 4 is 64.2 Å². The van der Waals surface area contributed by atoms with E-state index in [4.69, 9.17) is 33.7 Å². The zero-order valence-electron chi connectivity index (χ0n) is 27.8. The number of nitro benzene ring substituents is 1. The van der Waals surface area contributed by atoms with Crippen LogP contribution in [-0.2, 0) is 9.59 Å². The van der Waals surface area contributed by atoms with Crippen molar-refractivity contribution in [3.05, 3.63) is 92.5 Å². The Bertz CT molecular complexity index is 1770. The highest BCUT2D eigenvalue weighted by Gasteiger charge is 2.30. The van der Waals surface area contributed by atoms with Crippen LogP contribution in [0.2, 0.25) is 10.0 Å². The summed E-state index contributed by atoms with van der Waals surface area (Å²) in [5.41, 5.74) is 5.87. The molecular formula is C34H37Cl2F2N7O7. The summed E-state index contributed by atoms with van der Waals surface area (Å²) in [6.07, 6.45) is 1.95. The number of nitro groups is 1. The fourth-order valence-electron chi connectivity index (χ4n) is 5.46. The quantitative estimate of drug-likeness (QED) is 0.158. The zero-order chi connectivity index (χ0) is 37.8. The van der Waals surface area contributed by atoms with E-state index in [9.17, 15) is 38.1 Å². The number of ether oxygens (including phenoxy) is 1. The Balaban J connectivity index is 0.000000239. The number of rotatable bonds is 8. The second-order valence-electron chi connectivity index (χ2n) is 11.9. The number of piperidine rings is 2. The van der Waals surface area contributed by atoms with Crippen LogP contribution in [0.15, 0.2) is 60.7 Å². The molecule has 52 heavy (non-hydrogen) atoms. The van der Waals surface area contributed by atoms with Gasteiger partial charge in [-0.15, -0.1) is 0 Å². The molecule has 3 aromatic carbocycles. The van der Waals surface area contributed by atoms with E-state index in [1.54, 1.807) is 4.90 Å². The van der Waals surface area contributed by atoms with E-state index in [1.165, 1.54) is 59.5 Å². The Labute approximate surface area is 307 Å². The number of hydrogen-bond acceptors (Lipinski definition) is 8. The Hall–Kier alpha value is -5.06. The minimum atomic E-state index is -0.645. The third kappa shape index (κ3) is 11.5. The van der Waals surface area contributed by atoms with Crippen LogP contribution < -0.4 is 26.4 Å². The van der Waals surface area contributed by atoms with Crippen molar-refractivity contribution in [1.29, 1.82) is 0 Å². The van der Waals surface area contributed by atoms with Gasteiger partial charge in [-0.25, -0.2) is 18.4 Å². The standard InChI is InChI=1S/C19H17ClFN3O5.C15H20ClFN4O2/c20-16-8-3-13(10-17(16)21)22-18(25)12-2-1-9-23(11-12)19(26)29-15-6-4-14(5-7-15)24(27)28;16-12-4-3-11(8-13(12)17)20-14(22)10-2-1-7-21(9-10)15(23)19-6-5-18/h3-8,10,12H,1-2,9,11H2,(H,22,25);3-4,8,10H,1-2,5-7,9,18H2,(H,19,23)(H,20,22)/t12-;10-/m00/s1. The van der Waals surface area contributed by atoms with Gasteiger partial charge in [0.05, 0.1) is 26.8 Å². The third-order valence-corrected chi connectivity index (χ3v) is 8.79. The molecule has 0 aromatic heterocycles. The van der Waals surface area contributed by atoms with E-state index in [2.05, 4.69) is 16.0 Å². The molecule has 0 unspecified atom stereocenters. The van der Waals surface area contributed by atoms with E-state index in [0.717, 1.165) is 12.5 Å². The van der Waals surface area contributed by atoms with Crippen LogP contribution in [-0.4, -0.2) is 77.9 Å². The van der Waals surface area contributed by atoms with E-state index in [-0.39, 0.29) is 57.5 Å². The van der Waals surface area contributed by atoms with Gasteiger partial charge in [0.1, 0.15) is 17.4 Å². The van der Waals surface area contributed by atoms with Gasteiger partial charge in [0, 0.05) is 62.8 Å². The molecule has 5 amide bonds. The summed E-state index contributed by atoms with van der Waals surface area (Å²) >= 11 is 11.2. The average Bonchev–Trinajstić information content (AvgIpc) is 3.14. The van der Waals surface area contributed by atoms with Crippen LogP contribution in [0.25, 0.3) is 0 Å². The molecule has 0 saturated carbocycles. The molecule has 2 atom stereocenters. The molecule has 0 radical (unpaired) electrons. The fraction of sp³-hybridized carbons (Fsp3) is 0.353. The van der Waals surface area contributed by atoms with Crippen LogP contribution in [0.5, 0.6) is 5.75 Å². The Morgan fingerprint density at radius 1 is 0.827 bits per heavy atom. The normalized spacial score (nSPS) is 16.9. The van der Waals surface area contributed by atoms with E-state index >= 15 is 0 Å². The third-order valence-electron chi connectivity index (χ3n) is 8.18. The molecular weight excluding hydrogens is 727 g/mol. The maximum atomic E-state index is 13.5. The van der Waals surface area contributed by atoms with Crippen molar-refractivity contribution in [1.82, 2.24) is 15.1 Å². The van der Waals surface area contributed by atoms with E-state index < -0.39 is 28.6 Å². The van der Waals surface area contributed by atoms with Crippen LogP contribution >= 0.6 is 23.2 Å². The maximum Gasteiger partial charge on any atom is 0.415 e. The Kier molecular flexibility index (Phi) is 14.5. The van der Waals surface area contributed by atoms with E-state index in [0.29, 0.717) is 57.7 Å². The summed E-state index contributed by atoms with van der Waals surface area (Å²) in [6, 6.07) is 13.0. The smallest absolute Gasteiger partial charge is 0.410 e. The number of hydrogen-bond donors (Lipinski definition) is 4. The van der Waals surface area contributed by atoms with Crippen LogP contribution in [0.4, 0.5) is 35.4 Å². The summed E-state index contributed by atoms with van der Waals surface area (Å²) in [6.45, 7) is 2.27. The summed E-state index contributed by atoms with van der Waals surface area (Å²) in [7, 11) is 0. The zero-order valence-corrected chi connectivity index (χ0v) is 29.3. The molecule has 5 rings (SSSR count).